The van der Waals surface area contributed by atoms with Gasteiger partial charge in [-0.05, 0) is 28.8 Å². The molecule has 1 aromatic heterocycles. The molecule has 0 saturated heterocycles. The van der Waals surface area contributed by atoms with Crippen LogP contribution in [0.1, 0.15) is 5.56 Å². The van der Waals surface area contributed by atoms with Crippen LogP contribution in [-0.2, 0) is 11.2 Å². The minimum absolute atomic E-state index is 0.142. The highest BCUT2D eigenvalue weighted by molar-refractivity contribution is 7.07. The van der Waals surface area contributed by atoms with Crippen molar-refractivity contribution in [2.24, 2.45) is 0 Å². The molecule has 0 saturated carbocycles. The van der Waals surface area contributed by atoms with E-state index in [9.17, 15) is 22.8 Å². The fourth-order valence-corrected chi connectivity index (χ4v) is 2.14. The predicted octanol–water partition coefficient (Wildman–Crippen LogP) is 1.95. The van der Waals surface area contributed by atoms with E-state index in [1.54, 1.807) is 0 Å². The normalized spacial score (nSPS) is 11.2. The van der Waals surface area contributed by atoms with Crippen LogP contribution < -0.4 is 5.32 Å². The Bertz CT molecular complexity index is 448. The molecular formula is C11H13F3N2O3S. The number of aliphatic carboxylic acids is 1. The molecule has 1 heterocycles. The van der Waals surface area contributed by atoms with Crippen molar-refractivity contribution in [1.82, 2.24) is 10.2 Å². The second-order valence-electron chi connectivity index (χ2n) is 3.98. The molecule has 0 fully saturated rings. The summed E-state index contributed by atoms with van der Waals surface area (Å²) in [6.07, 6.45) is -4.16. The van der Waals surface area contributed by atoms with E-state index >= 15 is 0 Å². The molecule has 0 aromatic carbocycles. The predicted molar refractivity (Wildman–Crippen MR) is 66.7 cm³/mol. The molecule has 0 atom stereocenters. The lowest BCUT2D eigenvalue weighted by Crippen LogP contribution is -2.47. The van der Waals surface area contributed by atoms with Crippen molar-refractivity contribution < 1.29 is 27.9 Å². The molecule has 9 heteroatoms. The zero-order valence-corrected chi connectivity index (χ0v) is 11.1. The van der Waals surface area contributed by atoms with Gasteiger partial charge in [-0.25, -0.2) is 4.79 Å². The molecule has 2 N–H and O–H groups in total. The SMILES string of the molecule is O=C(O)CN(CC(F)(F)F)C(=O)NCCc1ccsc1. The molecule has 0 unspecified atom stereocenters. The highest BCUT2D eigenvalue weighted by atomic mass is 32.1. The number of carbonyl (C=O) groups excluding carboxylic acids is 1. The van der Waals surface area contributed by atoms with Gasteiger partial charge in [0.2, 0.25) is 0 Å². The van der Waals surface area contributed by atoms with Gasteiger partial charge in [0.1, 0.15) is 13.1 Å². The minimum atomic E-state index is -4.64. The van der Waals surface area contributed by atoms with Gasteiger partial charge in [0.25, 0.3) is 0 Å². The lowest BCUT2D eigenvalue weighted by molar-refractivity contribution is -0.148. The summed E-state index contributed by atoms with van der Waals surface area (Å²) in [5.41, 5.74) is 0.955. The number of hydrogen-bond acceptors (Lipinski definition) is 3. The monoisotopic (exact) mass is 310 g/mol. The Morgan fingerprint density at radius 3 is 2.60 bits per heavy atom. The van der Waals surface area contributed by atoms with Crippen molar-refractivity contribution in [2.45, 2.75) is 12.6 Å². The highest BCUT2D eigenvalue weighted by Crippen LogP contribution is 2.16. The summed E-state index contributed by atoms with van der Waals surface area (Å²) in [5.74, 6) is -1.50. The molecule has 0 aliphatic carbocycles. The molecule has 0 aliphatic heterocycles. The van der Waals surface area contributed by atoms with Gasteiger partial charge in [-0.3, -0.25) is 4.79 Å². The van der Waals surface area contributed by atoms with Gasteiger partial charge in [-0.2, -0.15) is 24.5 Å². The number of carbonyl (C=O) groups is 2. The van der Waals surface area contributed by atoms with Crippen LogP contribution in [0.4, 0.5) is 18.0 Å². The Labute approximate surface area is 117 Å². The quantitative estimate of drug-likeness (QED) is 0.844. The molecule has 0 radical (unpaired) electrons. The Morgan fingerprint density at radius 2 is 2.10 bits per heavy atom. The number of rotatable bonds is 6. The van der Waals surface area contributed by atoms with Crippen LogP contribution in [-0.4, -0.2) is 47.8 Å². The first-order valence-electron chi connectivity index (χ1n) is 5.60. The van der Waals surface area contributed by atoms with Crippen LogP contribution in [0.25, 0.3) is 0 Å². The zero-order valence-electron chi connectivity index (χ0n) is 10.3. The lowest BCUT2D eigenvalue weighted by Gasteiger charge is -2.22. The van der Waals surface area contributed by atoms with Crippen molar-refractivity contribution in [3.8, 4) is 0 Å². The van der Waals surface area contributed by atoms with E-state index in [0.717, 1.165) is 5.56 Å². The first kappa shape index (κ1) is 16.3. The maximum absolute atomic E-state index is 12.2. The van der Waals surface area contributed by atoms with E-state index in [2.05, 4.69) is 5.32 Å². The van der Waals surface area contributed by atoms with E-state index in [-0.39, 0.29) is 11.4 Å². The number of alkyl halides is 3. The maximum atomic E-state index is 12.2. The average Bonchev–Trinajstić information content (AvgIpc) is 2.78. The van der Waals surface area contributed by atoms with Crippen molar-refractivity contribution in [2.75, 3.05) is 19.6 Å². The Balaban J connectivity index is 2.47. The number of halogens is 3. The zero-order chi connectivity index (χ0) is 15.2. The number of nitrogens with one attached hydrogen (secondary N) is 1. The topological polar surface area (TPSA) is 69.6 Å². The largest absolute Gasteiger partial charge is 0.480 e. The summed E-state index contributed by atoms with van der Waals surface area (Å²) in [5, 5.41) is 14.5. The van der Waals surface area contributed by atoms with Crippen LogP contribution in [0.2, 0.25) is 0 Å². The van der Waals surface area contributed by atoms with Crippen molar-refractivity contribution in [3.05, 3.63) is 22.4 Å². The van der Waals surface area contributed by atoms with E-state index in [4.69, 9.17) is 5.11 Å². The van der Waals surface area contributed by atoms with Crippen LogP contribution in [0.3, 0.4) is 0 Å². The van der Waals surface area contributed by atoms with Gasteiger partial charge >= 0.3 is 18.2 Å². The third-order valence-electron chi connectivity index (χ3n) is 2.25. The lowest BCUT2D eigenvalue weighted by atomic mass is 10.2. The van der Waals surface area contributed by atoms with E-state index < -0.39 is 31.3 Å². The second-order valence-corrected chi connectivity index (χ2v) is 4.76. The molecule has 5 nitrogen and oxygen atoms in total. The molecule has 2 amide bonds. The standard InChI is InChI=1S/C11H13F3N2O3S/c12-11(13,14)7-16(5-9(17)18)10(19)15-3-1-8-2-4-20-6-8/h2,4,6H,1,3,5,7H2,(H,15,19)(H,17,18). The van der Waals surface area contributed by atoms with Gasteiger partial charge < -0.3 is 15.3 Å². The second kappa shape index (κ2) is 7.13. The molecule has 0 bridgehead atoms. The summed E-state index contributed by atoms with van der Waals surface area (Å²) in [6, 6.07) is 0.793. The summed E-state index contributed by atoms with van der Waals surface area (Å²) < 4.78 is 36.7. The minimum Gasteiger partial charge on any atom is -0.480 e. The number of nitrogens with zero attached hydrogens (tertiary/aromatic N) is 1. The first-order valence-corrected chi connectivity index (χ1v) is 6.54. The van der Waals surface area contributed by atoms with Crippen molar-refractivity contribution >= 4 is 23.3 Å². The number of hydrogen-bond donors (Lipinski definition) is 2. The van der Waals surface area contributed by atoms with Crippen LogP contribution in [0, 0.1) is 0 Å². The van der Waals surface area contributed by atoms with Crippen LogP contribution >= 0.6 is 11.3 Å². The Morgan fingerprint density at radius 1 is 1.40 bits per heavy atom. The average molecular weight is 310 g/mol. The fourth-order valence-electron chi connectivity index (χ4n) is 1.44. The summed E-state index contributed by atoms with van der Waals surface area (Å²) >= 11 is 1.47. The smallest absolute Gasteiger partial charge is 0.406 e. The molecule has 112 valence electrons. The number of thiophene rings is 1. The Hall–Kier alpha value is -1.77. The third-order valence-corrected chi connectivity index (χ3v) is 2.99. The molecule has 0 aliphatic rings. The summed E-state index contributed by atoms with van der Waals surface area (Å²) in [4.78, 5) is 22.2. The van der Waals surface area contributed by atoms with Crippen molar-refractivity contribution in [3.63, 3.8) is 0 Å². The van der Waals surface area contributed by atoms with Gasteiger partial charge in [0, 0.05) is 6.54 Å². The maximum Gasteiger partial charge on any atom is 0.406 e. The van der Waals surface area contributed by atoms with Crippen LogP contribution in [0.15, 0.2) is 16.8 Å². The van der Waals surface area contributed by atoms with E-state index in [0.29, 0.717) is 6.42 Å². The van der Waals surface area contributed by atoms with Gasteiger partial charge in [0.15, 0.2) is 0 Å². The molecule has 20 heavy (non-hydrogen) atoms. The van der Waals surface area contributed by atoms with E-state index in [1.165, 1.54) is 11.3 Å². The number of amides is 2. The summed E-state index contributed by atoms with van der Waals surface area (Å²) in [7, 11) is 0. The van der Waals surface area contributed by atoms with Gasteiger partial charge in [-0.1, -0.05) is 0 Å². The highest BCUT2D eigenvalue weighted by Gasteiger charge is 2.33. The number of urea groups is 1. The molecule has 1 aromatic rings. The van der Waals surface area contributed by atoms with E-state index in [1.807, 2.05) is 16.8 Å². The molecule has 0 spiro atoms. The number of carboxylic acid groups (broad SMARTS) is 1. The van der Waals surface area contributed by atoms with Crippen molar-refractivity contribution in [1.29, 1.82) is 0 Å². The van der Waals surface area contributed by atoms with Crippen LogP contribution in [0.5, 0.6) is 0 Å². The Kier molecular flexibility index (Phi) is 5.81. The van der Waals surface area contributed by atoms with Gasteiger partial charge in [0.05, 0.1) is 0 Å². The molecular weight excluding hydrogens is 297 g/mol. The first-order chi connectivity index (χ1) is 9.28. The number of carboxylic acids is 1. The third kappa shape index (κ3) is 6.41. The summed E-state index contributed by atoms with van der Waals surface area (Å²) in [6.45, 7) is -2.45. The molecule has 1 rings (SSSR count). The van der Waals surface area contributed by atoms with Gasteiger partial charge in [-0.15, -0.1) is 0 Å². The fraction of sp³-hybridized carbons (Fsp3) is 0.455.